The normalized spacial score (nSPS) is 12.2. The lowest BCUT2D eigenvalue weighted by Crippen LogP contribution is -2.23. The number of aromatic amines is 1. The number of H-pyrrole nitrogens is 1. The Morgan fingerprint density at radius 2 is 2.06 bits per heavy atom. The van der Waals surface area contributed by atoms with Gasteiger partial charge in [0.25, 0.3) is 11.5 Å². The summed E-state index contributed by atoms with van der Waals surface area (Å²) >= 11 is 1.48. The van der Waals surface area contributed by atoms with Gasteiger partial charge >= 0.3 is 0 Å². The number of pyridine rings is 1. The predicted molar refractivity (Wildman–Crippen MR) is 139 cm³/mol. The summed E-state index contributed by atoms with van der Waals surface area (Å²) in [6, 6.07) is 5.79. The maximum Gasteiger partial charge on any atom is 0.274 e. The van der Waals surface area contributed by atoms with Gasteiger partial charge in [-0.3, -0.25) is 9.59 Å². The van der Waals surface area contributed by atoms with Gasteiger partial charge in [-0.2, -0.15) is 0 Å². The molecular weight excluding hydrogens is 448 g/mol. The number of carbonyl (C=O) groups is 1. The minimum Gasteiger partial charge on any atom is -0.385 e. The van der Waals surface area contributed by atoms with E-state index in [4.69, 9.17) is 0 Å². The Hall–Kier alpha value is -3.36. The highest BCUT2D eigenvalue weighted by Crippen LogP contribution is 2.42. The van der Waals surface area contributed by atoms with Gasteiger partial charge in [0.15, 0.2) is 0 Å². The number of hydrogen-bond donors (Lipinski definition) is 3. The minimum atomic E-state index is -1.04. The van der Waals surface area contributed by atoms with Crippen molar-refractivity contribution in [3.8, 4) is 16.1 Å². The van der Waals surface area contributed by atoms with E-state index in [0.29, 0.717) is 23.1 Å². The molecule has 178 valence electrons. The van der Waals surface area contributed by atoms with Gasteiger partial charge in [-0.15, -0.1) is 11.3 Å². The van der Waals surface area contributed by atoms with E-state index < -0.39 is 5.60 Å². The fraction of sp³-hybridized carbons (Fsp3) is 0.308. The second kappa shape index (κ2) is 8.77. The van der Waals surface area contributed by atoms with E-state index in [-0.39, 0.29) is 11.5 Å². The molecule has 8 heteroatoms. The van der Waals surface area contributed by atoms with Gasteiger partial charge in [0.1, 0.15) is 11.2 Å². The zero-order valence-corrected chi connectivity index (χ0v) is 21.1. The Balaban J connectivity index is 2.06. The number of aryl methyl sites for hydroxylation is 2. The Morgan fingerprint density at radius 3 is 2.71 bits per heavy atom. The Kier molecular flexibility index (Phi) is 6.14. The molecule has 0 radical (unpaired) electrons. The molecule has 0 fully saturated rings. The number of carbonyl (C=O) groups excluding carboxylic acids is 1. The molecule has 4 aromatic rings. The van der Waals surface area contributed by atoms with Crippen LogP contribution >= 0.6 is 11.3 Å². The van der Waals surface area contributed by atoms with Crippen LogP contribution in [0.4, 0.5) is 0 Å². The average Bonchev–Trinajstić information content (AvgIpc) is 3.48. The van der Waals surface area contributed by atoms with Crippen LogP contribution in [0.1, 0.15) is 54.3 Å². The number of amides is 1. The van der Waals surface area contributed by atoms with Gasteiger partial charge in [0, 0.05) is 47.5 Å². The molecule has 4 rings (SSSR count). The molecule has 0 saturated carbocycles. The molecule has 0 aliphatic carbocycles. The number of aliphatic hydroxyl groups is 1. The summed E-state index contributed by atoms with van der Waals surface area (Å²) in [5, 5.41) is 14.3. The zero-order chi connectivity index (χ0) is 24.8. The third-order valence-corrected chi connectivity index (χ3v) is 7.30. The molecule has 4 aromatic heterocycles. The number of rotatable bonds is 6. The third kappa shape index (κ3) is 4.03. The number of hydrogen-bond acceptors (Lipinski definition) is 4. The first-order chi connectivity index (χ1) is 16.1. The van der Waals surface area contributed by atoms with Crippen LogP contribution in [0, 0.1) is 6.92 Å². The molecule has 34 heavy (non-hydrogen) atoms. The van der Waals surface area contributed by atoms with Crippen molar-refractivity contribution in [1.29, 1.82) is 0 Å². The highest BCUT2D eigenvalue weighted by Gasteiger charge is 2.26. The summed E-state index contributed by atoms with van der Waals surface area (Å²) < 4.78 is 3.63. The maximum atomic E-state index is 12.9. The number of thiophene rings is 1. The topological polar surface area (TPSA) is 92.0 Å². The minimum absolute atomic E-state index is 0.207. The number of aromatic nitrogens is 3. The zero-order valence-electron chi connectivity index (χ0n) is 20.3. The number of fused-ring (bicyclic) bond motifs is 1. The van der Waals surface area contributed by atoms with E-state index in [2.05, 4.69) is 33.9 Å². The SMILES string of the molecule is C/C=C\c1c(C)ccn1-c1cc(C(C)(C)O)sc1-c1cn(C)c(=O)c2[nH]c(C(=O)NCC)cc12. The molecule has 0 saturated heterocycles. The molecule has 0 unspecified atom stereocenters. The summed E-state index contributed by atoms with van der Waals surface area (Å²) in [7, 11) is 1.70. The highest BCUT2D eigenvalue weighted by atomic mass is 32.1. The molecule has 0 spiro atoms. The smallest absolute Gasteiger partial charge is 0.274 e. The lowest BCUT2D eigenvalue weighted by molar-refractivity contribution is 0.0825. The van der Waals surface area contributed by atoms with Crippen LogP contribution in [0.25, 0.3) is 33.1 Å². The van der Waals surface area contributed by atoms with Crippen LogP contribution in [0.5, 0.6) is 0 Å². The van der Waals surface area contributed by atoms with Crippen molar-refractivity contribution in [3.05, 3.63) is 68.9 Å². The van der Waals surface area contributed by atoms with E-state index >= 15 is 0 Å². The van der Waals surface area contributed by atoms with Crippen molar-refractivity contribution in [3.63, 3.8) is 0 Å². The average molecular weight is 479 g/mol. The van der Waals surface area contributed by atoms with Gasteiger partial charge < -0.3 is 24.5 Å². The van der Waals surface area contributed by atoms with Crippen molar-refractivity contribution in [1.82, 2.24) is 19.4 Å². The van der Waals surface area contributed by atoms with Crippen molar-refractivity contribution in [2.24, 2.45) is 7.05 Å². The van der Waals surface area contributed by atoms with Crippen molar-refractivity contribution in [2.45, 2.75) is 40.2 Å². The lowest BCUT2D eigenvalue weighted by atomic mass is 10.1. The first-order valence-electron chi connectivity index (χ1n) is 11.2. The summed E-state index contributed by atoms with van der Waals surface area (Å²) in [4.78, 5) is 30.2. The second-order valence-corrected chi connectivity index (χ2v) is 9.98. The quantitative estimate of drug-likeness (QED) is 0.375. The van der Waals surface area contributed by atoms with Crippen LogP contribution in [0.2, 0.25) is 0 Å². The molecule has 7 nitrogen and oxygen atoms in total. The summed E-state index contributed by atoms with van der Waals surface area (Å²) in [5.41, 5.74) is 3.37. The van der Waals surface area contributed by atoms with Crippen molar-refractivity contribution in [2.75, 3.05) is 6.54 Å². The molecule has 3 N–H and O–H groups in total. The first-order valence-corrected chi connectivity index (χ1v) is 12.1. The monoisotopic (exact) mass is 478 g/mol. The van der Waals surface area contributed by atoms with Crippen LogP contribution in [0.3, 0.4) is 0 Å². The Morgan fingerprint density at radius 1 is 1.32 bits per heavy atom. The van der Waals surface area contributed by atoms with Gasteiger partial charge in [-0.1, -0.05) is 6.08 Å². The standard InChI is InChI=1S/C26H30N4O3S/c1-7-9-19-15(3)10-11-30(19)20-13-21(26(4,5)33)34-23(20)17-14-29(6)25(32)22-16(17)12-18(28-22)24(31)27-8-2/h7,9-14,28,33H,8H2,1-6H3,(H,27,31)/b9-7-. The summed E-state index contributed by atoms with van der Waals surface area (Å²) in [5.74, 6) is -0.258. The Bertz CT molecular complexity index is 1470. The molecule has 0 aromatic carbocycles. The molecule has 0 aliphatic rings. The third-order valence-electron chi connectivity index (χ3n) is 5.83. The summed E-state index contributed by atoms with van der Waals surface area (Å²) in [6.45, 7) is 9.91. The van der Waals surface area contributed by atoms with Crippen molar-refractivity contribution < 1.29 is 9.90 Å². The lowest BCUT2D eigenvalue weighted by Gasteiger charge is -2.14. The van der Waals surface area contributed by atoms with Gasteiger partial charge in [-0.25, -0.2) is 0 Å². The van der Waals surface area contributed by atoms with Gasteiger partial charge in [-0.05, 0) is 64.5 Å². The first kappa shape index (κ1) is 23.8. The molecule has 0 aliphatic heterocycles. The van der Waals surface area contributed by atoms with Crippen LogP contribution < -0.4 is 10.9 Å². The second-order valence-electron chi connectivity index (χ2n) is 8.93. The van der Waals surface area contributed by atoms with Crippen LogP contribution in [0.15, 0.2) is 41.5 Å². The van der Waals surface area contributed by atoms with Gasteiger partial charge in [0.05, 0.1) is 16.2 Å². The predicted octanol–water partition coefficient (Wildman–Crippen LogP) is 4.70. The van der Waals surface area contributed by atoms with E-state index in [0.717, 1.165) is 32.3 Å². The van der Waals surface area contributed by atoms with E-state index in [1.165, 1.54) is 15.9 Å². The number of nitrogens with zero attached hydrogens (tertiary/aromatic N) is 2. The number of allylic oxidation sites excluding steroid dienone is 1. The van der Waals surface area contributed by atoms with Crippen LogP contribution in [-0.4, -0.2) is 31.7 Å². The fourth-order valence-electron chi connectivity index (χ4n) is 4.07. The van der Waals surface area contributed by atoms with Crippen molar-refractivity contribution >= 4 is 34.2 Å². The Labute approximate surface area is 202 Å². The summed E-state index contributed by atoms with van der Waals surface area (Å²) in [6.07, 6.45) is 7.87. The molecule has 4 heterocycles. The highest BCUT2D eigenvalue weighted by molar-refractivity contribution is 7.16. The van der Waals surface area contributed by atoms with Gasteiger partial charge in [0.2, 0.25) is 0 Å². The maximum absolute atomic E-state index is 12.9. The largest absolute Gasteiger partial charge is 0.385 e. The van der Waals surface area contributed by atoms with E-state index in [9.17, 15) is 14.7 Å². The molecule has 1 amide bonds. The van der Waals surface area contributed by atoms with E-state index in [1.54, 1.807) is 33.2 Å². The molecular formula is C26H30N4O3S. The molecule has 0 atom stereocenters. The number of nitrogens with one attached hydrogen (secondary N) is 2. The van der Waals surface area contributed by atoms with E-state index in [1.807, 2.05) is 32.2 Å². The fourth-order valence-corrected chi connectivity index (χ4v) is 5.24. The molecule has 0 bridgehead atoms. The van der Waals surface area contributed by atoms with Crippen LogP contribution in [-0.2, 0) is 12.6 Å².